The Labute approximate surface area is 463 Å². The molecule has 76 heavy (non-hydrogen) atoms. The van der Waals surface area contributed by atoms with E-state index in [1.807, 2.05) is 18.3 Å². The summed E-state index contributed by atoms with van der Waals surface area (Å²) < 4.78 is 11.6. The van der Waals surface area contributed by atoms with Crippen LogP contribution >= 0.6 is 0 Å². The molecule has 0 fully saturated rings. The second kappa shape index (κ2) is 18.6. The molecule has 384 valence electrons. The molecule has 8 aromatic carbocycles. The first-order valence-electron chi connectivity index (χ1n) is 26.4. The molecule has 0 amide bonds. The molecule has 1 aliphatic heterocycles. The van der Waals surface area contributed by atoms with Gasteiger partial charge in [0.15, 0.2) is 0 Å². The number of rotatable bonds is 6. The summed E-state index contributed by atoms with van der Waals surface area (Å²) in [5.41, 5.74) is 12.4. The van der Waals surface area contributed by atoms with Gasteiger partial charge in [-0.1, -0.05) is 208 Å². The summed E-state index contributed by atoms with van der Waals surface area (Å²) in [6, 6.07) is 67.8. The van der Waals surface area contributed by atoms with Crippen molar-refractivity contribution in [1.29, 1.82) is 0 Å². The number of pyridine rings is 1. The van der Waals surface area contributed by atoms with Crippen molar-refractivity contribution >= 4 is 89.8 Å². The van der Waals surface area contributed by atoms with E-state index in [9.17, 15) is 0 Å². The van der Waals surface area contributed by atoms with E-state index in [-0.39, 0.29) is 37.3 Å². The molecule has 12 rings (SSSR count). The Morgan fingerprint density at radius 3 is 1.75 bits per heavy atom. The van der Waals surface area contributed by atoms with Crippen molar-refractivity contribution in [2.75, 3.05) is 4.90 Å². The van der Waals surface area contributed by atoms with E-state index >= 15 is 0 Å². The van der Waals surface area contributed by atoms with Crippen molar-refractivity contribution in [3.8, 4) is 28.4 Å². The van der Waals surface area contributed by atoms with Gasteiger partial charge >= 0.3 is 0 Å². The van der Waals surface area contributed by atoms with Gasteiger partial charge in [-0.05, 0) is 124 Å². The third-order valence-electron chi connectivity index (χ3n) is 15.3. The summed E-state index contributed by atoms with van der Waals surface area (Å²) in [6.07, 6.45) is 1.92. The molecule has 5 nitrogen and oxygen atoms in total. The molecule has 0 unspecified atom stereocenters. The first-order valence-corrected chi connectivity index (χ1v) is 29.9. The average Bonchev–Trinajstić information content (AvgIpc) is 3.94. The zero-order valence-electron chi connectivity index (χ0n) is 45.8. The second-order valence-electron chi connectivity index (χ2n) is 24.7. The molecule has 0 saturated carbocycles. The van der Waals surface area contributed by atoms with Gasteiger partial charge in [-0.25, -0.2) is 4.98 Å². The van der Waals surface area contributed by atoms with Gasteiger partial charge in [0.1, 0.15) is 5.82 Å². The Morgan fingerprint density at radius 2 is 1.09 bits per heavy atom. The summed E-state index contributed by atoms with van der Waals surface area (Å²) in [5, 5.41) is 10.9. The van der Waals surface area contributed by atoms with E-state index < -0.39 is 8.07 Å². The fourth-order valence-corrected chi connectivity index (χ4v) is 12.2. The van der Waals surface area contributed by atoms with E-state index in [1.54, 1.807) is 0 Å². The van der Waals surface area contributed by atoms with Crippen LogP contribution in [0.25, 0.3) is 82.1 Å². The van der Waals surface area contributed by atoms with Gasteiger partial charge < -0.3 is 18.8 Å². The predicted molar refractivity (Wildman–Crippen MR) is 321 cm³/mol. The fourth-order valence-electron chi connectivity index (χ4n) is 11.1. The van der Waals surface area contributed by atoms with Crippen molar-refractivity contribution in [2.45, 2.75) is 98.2 Å². The van der Waals surface area contributed by atoms with Crippen molar-refractivity contribution in [3.05, 3.63) is 205 Å². The van der Waals surface area contributed by atoms with Gasteiger partial charge in [-0.2, -0.15) is 12.1 Å². The van der Waals surface area contributed by atoms with Gasteiger partial charge in [0, 0.05) is 50.0 Å². The van der Waals surface area contributed by atoms with E-state index in [0.29, 0.717) is 11.5 Å². The normalized spacial score (nSPS) is 13.0. The van der Waals surface area contributed by atoms with Gasteiger partial charge in [-0.15, -0.1) is 35.7 Å². The van der Waals surface area contributed by atoms with Crippen LogP contribution in [0.5, 0.6) is 11.5 Å². The van der Waals surface area contributed by atoms with Gasteiger partial charge in [0.25, 0.3) is 0 Å². The molecular weight excluding hydrogens is 1120 g/mol. The molecule has 7 heteroatoms. The van der Waals surface area contributed by atoms with Gasteiger partial charge in [0.2, 0.25) is 0 Å². The van der Waals surface area contributed by atoms with Crippen LogP contribution < -0.4 is 14.8 Å². The molecule has 0 aliphatic carbocycles. The first kappa shape index (κ1) is 51.0. The number of ether oxygens (including phenoxy) is 1. The summed E-state index contributed by atoms with van der Waals surface area (Å²) in [4.78, 5) is 7.25. The number of hydrogen-bond donors (Lipinski definition) is 0. The minimum Gasteiger partial charge on any atom is -0.509 e. The van der Waals surface area contributed by atoms with Gasteiger partial charge in [0.05, 0.1) is 8.07 Å². The number of fused-ring (bicyclic) bond motifs is 10. The molecular formula is C69H65N4OPtSi-3. The molecule has 0 radical (unpaired) electrons. The maximum absolute atomic E-state index is 6.86. The number of nitrogens with zero attached hydrogens (tertiary/aromatic N) is 4. The smallest absolute Gasteiger partial charge is 0.135 e. The topological polar surface area (TPSA) is 35.2 Å². The van der Waals surface area contributed by atoms with Crippen LogP contribution in [0.4, 0.5) is 11.4 Å². The summed E-state index contributed by atoms with van der Waals surface area (Å²) >= 11 is 0. The summed E-state index contributed by atoms with van der Waals surface area (Å²) in [7, 11) is -1.74. The van der Waals surface area contributed by atoms with Gasteiger partial charge in [-0.3, -0.25) is 0 Å². The summed E-state index contributed by atoms with van der Waals surface area (Å²) in [5.74, 6) is 2.05. The largest absolute Gasteiger partial charge is 0.509 e. The zero-order valence-corrected chi connectivity index (χ0v) is 49.0. The number of aromatic nitrogens is 3. The van der Waals surface area contributed by atoms with Crippen LogP contribution in [0.1, 0.15) is 79.0 Å². The summed E-state index contributed by atoms with van der Waals surface area (Å²) in [6.45, 7) is 30.2. The minimum atomic E-state index is -1.74. The number of anilines is 2. The fraction of sp³-hybridized carbons (Fsp3) is 0.217. The molecule has 11 aromatic rings. The Hall–Kier alpha value is -7.11. The maximum atomic E-state index is 6.86. The molecule has 0 atom stereocenters. The van der Waals surface area contributed by atoms with Crippen LogP contribution in [-0.4, -0.2) is 22.2 Å². The number of para-hydroxylation sites is 2. The molecule has 0 bridgehead atoms. The molecule has 1 aliphatic rings. The van der Waals surface area contributed by atoms with Crippen molar-refractivity contribution < 1.29 is 25.8 Å². The van der Waals surface area contributed by atoms with E-state index in [2.05, 4.69) is 266 Å². The monoisotopic (exact) mass is 1190 g/mol. The van der Waals surface area contributed by atoms with Crippen LogP contribution in [0, 0.1) is 18.8 Å². The SMILES string of the molecule is CC(C)(C)c1cc(-c2cccc3c4ccccc4c4ccccc4c4cccc5c4n(c23)[CH-]N5c2[c-]c(Oc3[c-]c4c(cc3)c3cc(C(C)(C)C)ccc3n4-c3cc(C(C)(C)C)ccn3)ccc2)cc([Si](C)(C)C)c1.[Pt]. The molecule has 3 aromatic heterocycles. The third-order valence-corrected chi connectivity index (χ3v) is 17.3. The van der Waals surface area contributed by atoms with Crippen LogP contribution in [0.15, 0.2) is 170 Å². The predicted octanol–water partition coefficient (Wildman–Crippen LogP) is 18.3. The van der Waals surface area contributed by atoms with Crippen LogP contribution in [0.3, 0.4) is 0 Å². The minimum absolute atomic E-state index is 0. The zero-order chi connectivity index (χ0) is 52.3. The maximum Gasteiger partial charge on any atom is 0.135 e. The second-order valence-corrected chi connectivity index (χ2v) is 29.8. The first-order chi connectivity index (χ1) is 35.7. The Bertz CT molecular complexity index is 4160. The van der Waals surface area contributed by atoms with E-state index in [1.165, 1.54) is 59.9 Å². The molecule has 0 spiro atoms. The van der Waals surface area contributed by atoms with Crippen LogP contribution in [-0.2, 0) is 37.3 Å². The standard InChI is InChI=1S/C69H65N4OSi.Pt/c1-67(2,3)45-30-33-61-60(39-45)57-32-31-50(42-63(57)73(61)64-40-46(34-35-70-64)68(4,5)6)74-49-21-17-20-48(41-49)71-43-72-65-52(44-36-47(69(7,8)9)38-51(37-44)75(10,11)12)26-18-27-58(65)55-24-15-13-22-53(55)54-23-14-16-25-56(54)59-28-19-29-62(71)66(59)72;/h13-40,43H,1-12H3;/q-3;. The van der Waals surface area contributed by atoms with Crippen molar-refractivity contribution in [3.63, 3.8) is 0 Å². The Morgan fingerprint density at radius 1 is 0.500 bits per heavy atom. The van der Waals surface area contributed by atoms with Crippen molar-refractivity contribution in [2.24, 2.45) is 0 Å². The Kier molecular flexibility index (Phi) is 12.5. The van der Waals surface area contributed by atoms with Crippen molar-refractivity contribution in [1.82, 2.24) is 14.1 Å². The molecule has 0 saturated heterocycles. The number of hydrogen-bond acceptors (Lipinski definition) is 3. The number of benzene rings is 8. The quantitative estimate of drug-likeness (QED) is 0.123. The third kappa shape index (κ3) is 8.87. The van der Waals surface area contributed by atoms with E-state index in [4.69, 9.17) is 9.72 Å². The molecule has 0 N–H and O–H groups in total. The Balaban J connectivity index is 0.00000616. The van der Waals surface area contributed by atoms with Crippen LogP contribution in [0.2, 0.25) is 19.6 Å². The van der Waals surface area contributed by atoms with E-state index in [0.717, 1.165) is 55.4 Å². The molecule has 4 heterocycles. The average molecular weight is 1190 g/mol.